The van der Waals surface area contributed by atoms with E-state index in [2.05, 4.69) is 5.32 Å². The van der Waals surface area contributed by atoms with E-state index in [1.807, 2.05) is 49.4 Å². The van der Waals surface area contributed by atoms with Gasteiger partial charge in [-0.25, -0.2) is 0 Å². The van der Waals surface area contributed by atoms with Gasteiger partial charge in [0.05, 0.1) is 26.7 Å². The van der Waals surface area contributed by atoms with Crippen LogP contribution in [0.2, 0.25) is 0 Å². The Bertz CT molecular complexity index is 851. The van der Waals surface area contributed by atoms with Crippen LogP contribution in [0.5, 0.6) is 11.5 Å². The highest BCUT2D eigenvalue weighted by Crippen LogP contribution is 2.28. The van der Waals surface area contributed by atoms with Crippen molar-refractivity contribution >= 4 is 16.9 Å². The first kappa shape index (κ1) is 16.9. The number of fused-ring (bicyclic) bond motifs is 1. The fourth-order valence-corrected chi connectivity index (χ4v) is 2.76. The van der Waals surface area contributed by atoms with Gasteiger partial charge in [0, 0.05) is 5.39 Å². The molecule has 1 amide bonds. The van der Waals surface area contributed by atoms with Gasteiger partial charge >= 0.3 is 0 Å². The van der Waals surface area contributed by atoms with E-state index in [0.717, 1.165) is 22.3 Å². The van der Waals surface area contributed by atoms with E-state index in [1.165, 1.54) is 0 Å². The molecule has 0 radical (unpaired) electrons. The number of ether oxygens (including phenoxy) is 2. The molecular formula is C20H21NO4. The summed E-state index contributed by atoms with van der Waals surface area (Å²) >= 11 is 0. The van der Waals surface area contributed by atoms with Crippen LogP contribution in [0, 0.1) is 0 Å². The van der Waals surface area contributed by atoms with Gasteiger partial charge in [-0.3, -0.25) is 4.79 Å². The predicted molar refractivity (Wildman–Crippen MR) is 96.0 cm³/mol. The summed E-state index contributed by atoms with van der Waals surface area (Å²) < 4.78 is 16.3. The monoisotopic (exact) mass is 339 g/mol. The van der Waals surface area contributed by atoms with Crippen LogP contribution in [-0.2, 0) is 11.2 Å². The molecule has 1 atom stereocenters. The number of hydrogen-bond acceptors (Lipinski definition) is 4. The van der Waals surface area contributed by atoms with Gasteiger partial charge in [-0.15, -0.1) is 0 Å². The van der Waals surface area contributed by atoms with Gasteiger partial charge < -0.3 is 19.2 Å². The fraction of sp³-hybridized carbons (Fsp3) is 0.250. The van der Waals surface area contributed by atoms with Crippen LogP contribution in [0.25, 0.3) is 11.0 Å². The Kier molecular flexibility index (Phi) is 4.93. The second-order valence-electron chi connectivity index (χ2n) is 5.84. The largest absolute Gasteiger partial charge is 0.493 e. The Morgan fingerprint density at radius 1 is 1.08 bits per heavy atom. The molecule has 0 fully saturated rings. The fourth-order valence-electron chi connectivity index (χ4n) is 2.76. The van der Waals surface area contributed by atoms with Crippen LogP contribution < -0.4 is 14.8 Å². The second kappa shape index (κ2) is 7.30. The summed E-state index contributed by atoms with van der Waals surface area (Å²) in [4.78, 5) is 12.3. The van der Waals surface area contributed by atoms with Crippen LogP contribution in [-0.4, -0.2) is 20.1 Å². The van der Waals surface area contributed by atoms with E-state index in [9.17, 15) is 4.79 Å². The summed E-state index contributed by atoms with van der Waals surface area (Å²) in [6.07, 6.45) is 0.255. The van der Waals surface area contributed by atoms with Gasteiger partial charge in [0.15, 0.2) is 11.5 Å². The van der Waals surface area contributed by atoms with E-state index in [0.29, 0.717) is 11.5 Å². The van der Waals surface area contributed by atoms with Gasteiger partial charge in [0.1, 0.15) is 11.3 Å². The summed E-state index contributed by atoms with van der Waals surface area (Å²) in [5.74, 6) is 1.91. The predicted octanol–water partition coefficient (Wildman–Crippen LogP) is 3.87. The number of carbonyl (C=O) groups is 1. The Balaban J connectivity index is 1.67. The zero-order valence-corrected chi connectivity index (χ0v) is 14.5. The van der Waals surface area contributed by atoms with Crippen molar-refractivity contribution < 1.29 is 18.7 Å². The molecular weight excluding hydrogens is 318 g/mol. The summed E-state index contributed by atoms with van der Waals surface area (Å²) in [6, 6.07) is 15.0. The van der Waals surface area contributed by atoms with Crippen molar-refractivity contribution in [2.24, 2.45) is 0 Å². The molecule has 2 aromatic carbocycles. The average molecular weight is 339 g/mol. The van der Waals surface area contributed by atoms with Crippen molar-refractivity contribution in [2.75, 3.05) is 14.2 Å². The molecule has 3 rings (SSSR count). The summed E-state index contributed by atoms with van der Waals surface area (Å²) in [5, 5.41) is 3.99. The third-order valence-corrected chi connectivity index (χ3v) is 4.06. The van der Waals surface area contributed by atoms with Gasteiger partial charge in [-0.1, -0.05) is 24.3 Å². The molecule has 1 aromatic heterocycles. The van der Waals surface area contributed by atoms with Crippen molar-refractivity contribution in [1.29, 1.82) is 0 Å². The minimum atomic E-state index is -0.208. The first-order chi connectivity index (χ1) is 12.1. The van der Waals surface area contributed by atoms with Crippen molar-refractivity contribution in [1.82, 2.24) is 5.32 Å². The molecule has 0 bridgehead atoms. The number of amides is 1. The molecule has 0 spiro atoms. The van der Waals surface area contributed by atoms with Crippen LogP contribution >= 0.6 is 0 Å². The number of nitrogens with one attached hydrogen (secondary N) is 1. The Morgan fingerprint density at radius 2 is 1.84 bits per heavy atom. The normalized spacial score (nSPS) is 12.0. The molecule has 0 aliphatic heterocycles. The molecule has 5 nitrogen and oxygen atoms in total. The molecule has 0 saturated carbocycles. The van der Waals surface area contributed by atoms with E-state index in [4.69, 9.17) is 13.9 Å². The number of hydrogen-bond donors (Lipinski definition) is 1. The van der Waals surface area contributed by atoms with Crippen LogP contribution in [0.15, 0.2) is 52.9 Å². The SMILES string of the molecule is COc1ccc(CC(=O)N[C@@H](C)c2cc3ccccc3o2)cc1OC. The standard InChI is InChI=1S/C20H21NO4/c1-13(18-12-15-6-4-5-7-16(15)25-18)21-20(22)11-14-8-9-17(23-2)19(10-14)24-3/h4-10,12-13H,11H2,1-3H3,(H,21,22)/t13-/m0/s1. The van der Waals surface area contributed by atoms with Crippen LogP contribution in [0.3, 0.4) is 0 Å². The highest BCUT2D eigenvalue weighted by Gasteiger charge is 2.15. The van der Waals surface area contributed by atoms with Crippen molar-refractivity contribution in [3.63, 3.8) is 0 Å². The first-order valence-electron chi connectivity index (χ1n) is 8.09. The number of para-hydroxylation sites is 1. The molecule has 3 aromatic rings. The second-order valence-corrected chi connectivity index (χ2v) is 5.84. The van der Waals surface area contributed by atoms with E-state index >= 15 is 0 Å². The topological polar surface area (TPSA) is 60.7 Å². The molecule has 5 heteroatoms. The Labute approximate surface area is 146 Å². The average Bonchev–Trinajstić information content (AvgIpc) is 3.05. The lowest BCUT2D eigenvalue weighted by Crippen LogP contribution is -2.27. The van der Waals surface area contributed by atoms with E-state index in [1.54, 1.807) is 20.3 Å². The number of carbonyl (C=O) groups excluding carboxylic acids is 1. The quantitative estimate of drug-likeness (QED) is 0.740. The molecule has 0 aliphatic rings. The summed E-state index contributed by atoms with van der Waals surface area (Å²) in [7, 11) is 3.16. The van der Waals surface area contributed by atoms with Gasteiger partial charge in [-0.2, -0.15) is 0 Å². The highest BCUT2D eigenvalue weighted by molar-refractivity contribution is 5.80. The van der Waals surface area contributed by atoms with E-state index < -0.39 is 0 Å². The van der Waals surface area contributed by atoms with Crippen molar-refractivity contribution in [2.45, 2.75) is 19.4 Å². The minimum Gasteiger partial charge on any atom is -0.493 e. The van der Waals surface area contributed by atoms with Crippen LogP contribution in [0.4, 0.5) is 0 Å². The molecule has 1 N–H and O–H groups in total. The highest BCUT2D eigenvalue weighted by atomic mass is 16.5. The minimum absolute atomic E-state index is 0.0832. The van der Waals surface area contributed by atoms with Crippen LogP contribution in [0.1, 0.15) is 24.3 Å². The van der Waals surface area contributed by atoms with E-state index in [-0.39, 0.29) is 18.4 Å². The molecule has 130 valence electrons. The molecule has 0 unspecified atom stereocenters. The molecule has 1 heterocycles. The summed E-state index contributed by atoms with van der Waals surface area (Å²) in [5.41, 5.74) is 1.67. The number of rotatable bonds is 6. The maximum absolute atomic E-state index is 12.3. The summed E-state index contributed by atoms with van der Waals surface area (Å²) in [6.45, 7) is 1.91. The number of benzene rings is 2. The smallest absolute Gasteiger partial charge is 0.225 e. The third kappa shape index (κ3) is 3.76. The maximum atomic E-state index is 12.3. The Hall–Kier alpha value is -2.95. The lowest BCUT2D eigenvalue weighted by molar-refractivity contribution is -0.121. The zero-order valence-electron chi connectivity index (χ0n) is 14.5. The molecule has 0 saturated heterocycles. The molecule has 25 heavy (non-hydrogen) atoms. The third-order valence-electron chi connectivity index (χ3n) is 4.06. The van der Waals surface area contributed by atoms with Gasteiger partial charge in [0.2, 0.25) is 5.91 Å². The number of furan rings is 1. The Morgan fingerprint density at radius 3 is 2.56 bits per heavy atom. The molecule has 0 aliphatic carbocycles. The van der Waals surface area contributed by atoms with Crippen molar-refractivity contribution in [3.8, 4) is 11.5 Å². The zero-order chi connectivity index (χ0) is 17.8. The lowest BCUT2D eigenvalue weighted by Gasteiger charge is -2.12. The lowest BCUT2D eigenvalue weighted by atomic mass is 10.1. The number of methoxy groups -OCH3 is 2. The van der Waals surface area contributed by atoms with Gasteiger partial charge in [-0.05, 0) is 36.8 Å². The van der Waals surface area contributed by atoms with Gasteiger partial charge in [0.25, 0.3) is 0 Å². The first-order valence-corrected chi connectivity index (χ1v) is 8.09. The maximum Gasteiger partial charge on any atom is 0.225 e. The van der Waals surface area contributed by atoms with Crippen molar-refractivity contribution in [3.05, 3.63) is 59.9 Å².